The van der Waals surface area contributed by atoms with Crippen LogP contribution in [0.4, 0.5) is 0 Å². The zero-order chi connectivity index (χ0) is 14.5. The molecule has 0 bridgehead atoms. The molecule has 0 radical (unpaired) electrons. The van der Waals surface area contributed by atoms with Crippen LogP contribution in [-0.4, -0.2) is 33.9 Å². The van der Waals surface area contributed by atoms with Gasteiger partial charge in [0.25, 0.3) is 0 Å². The van der Waals surface area contributed by atoms with E-state index in [-0.39, 0.29) is 10.6 Å². The number of aryl methyl sites for hydroxylation is 1. The first-order chi connectivity index (χ1) is 8.90. The second-order valence-corrected chi connectivity index (χ2v) is 5.83. The maximum absolute atomic E-state index is 12.0. The first kappa shape index (κ1) is 15.7. The highest BCUT2D eigenvalue weighted by atomic mass is 35.5. The van der Waals surface area contributed by atoms with E-state index in [1.54, 1.807) is 12.1 Å². The van der Waals surface area contributed by atoms with Gasteiger partial charge in [-0.05, 0) is 24.1 Å². The van der Waals surface area contributed by atoms with Crippen molar-refractivity contribution < 1.29 is 17.9 Å². The fraction of sp³-hybridized carbons (Fsp3) is 0.364. The Morgan fingerprint density at radius 2 is 2.16 bits per heavy atom. The Hall–Kier alpha value is -1.31. The molecule has 0 aliphatic carbocycles. The number of halogens is 1. The van der Waals surface area contributed by atoms with Gasteiger partial charge in [0.2, 0.25) is 15.9 Å². The lowest BCUT2D eigenvalue weighted by atomic mass is 10.2. The van der Waals surface area contributed by atoms with Crippen molar-refractivity contribution in [2.24, 2.45) is 5.73 Å². The Labute approximate surface area is 116 Å². The van der Waals surface area contributed by atoms with Gasteiger partial charge >= 0.3 is 0 Å². The smallest absolute Gasteiger partial charge is 0.244 e. The van der Waals surface area contributed by atoms with E-state index in [2.05, 4.69) is 4.72 Å². The number of hydrogen-bond donors (Lipinski definition) is 2. The summed E-state index contributed by atoms with van der Waals surface area (Å²) in [6.07, 6.45) is 0.532. The molecule has 1 amide bonds. The minimum Gasteiger partial charge on any atom is -0.495 e. The molecule has 0 saturated carbocycles. The van der Waals surface area contributed by atoms with E-state index in [1.807, 2.05) is 0 Å². The third-order valence-electron chi connectivity index (χ3n) is 2.34. The van der Waals surface area contributed by atoms with Gasteiger partial charge in [-0.1, -0.05) is 6.07 Å². The molecule has 0 aliphatic rings. The summed E-state index contributed by atoms with van der Waals surface area (Å²) in [6, 6.07) is 4.74. The van der Waals surface area contributed by atoms with Crippen LogP contribution in [-0.2, 0) is 21.2 Å². The van der Waals surface area contributed by atoms with Crippen molar-refractivity contribution in [3.63, 3.8) is 0 Å². The number of ether oxygens (including phenoxy) is 1. The van der Waals surface area contributed by atoms with Gasteiger partial charge in [-0.2, -0.15) is 0 Å². The summed E-state index contributed by atoms with van der Waals surface area (Å²) < 4.78 is 31.2. The number of carbonyl (C=O) groups is 1. The third-order valence-corrected chi connectivity index (χ3v) is 3.95. The van der Waals surface area contributed by atoms with E-state index in [9.17, 15) is 13.2 Å². The molecule has 0 spiro atoms. The Kier molecular flexibility index (Phi) is 5.59. The van der Waals surface area contributed by atoms with Crippen LogP contribution in [0, 0.1) is 0 Å². The van der Waals surface area contributed by atoms with Crippen LogP contribution in [0.1, 0.15) is 5.56 Å². The van der Waals surface area contributed by atoms with Crippen molar-refractivity contribution in [1.29, 1.82) is 0 Å². The number of benzene rings is 1. The van der Waals surface area contributed by atoms with Crippen LogP contribution in [0.15, 0.2) is 23.1 Å². The largest absolute Gasteiger partial charge is 0.495 e. The molecule has 1 rings (SSSR count). The van der Waals surface area contributed by atoms with Gasteiger partial charge < -0.3 is 10.5 Å². The number of methoxy groups -OCH3 is 1. The van der Waals surface area contributed by atoms with Crippen LogP contribution < -0.4 is 15.2 Å². The van der Waals surface area contributed by atoms with E-state index in [1.165, 1.54) is 13.2 Å². The molecular formula is C11H15ClN2O4S. The van der Waals surface area contributed by atoms with Crippen molar-refractivity contribution in [3.8, 4) is 5.75 Å². The van der Waals surface area contributed by atoms with Gasteiger partial charge in [-0.3, -0.25) is 4.79 Å². The monoisotopic (exact) mass is 306 g/mol. The summed E-state index contributed by atoms with van der Waals surface area (Å²) in [5.41, 5.74) is 5.67. The first-order valence-corrected chi connectivity index (χ1v) is 7.43. The lowest BCUT2D eigenvalue weighted by molar-refractivity contribution is -0.116. The summed E-state index contributed by atoms with van der Waals surface area (Å²) >= 11 is 5.62. The van der Waals surface area contributed by atoms with Crippen molar-refractivity contribution in [1.82, 2.24) is 4.72 Å². The minimum absolute atomic E-state index is 0.0427. The second-order valence-electron chi connectivity index (χ2n) is 3.72. The standard InChI is InChI=1S/C11H15ClN2O4S/c1-18-9-3-2-8(4-5-12)6-10(9)19(16,17)14-7-11(13)15/h2-3,6,14H,4-5,7H2,1H3,(H2,13,15). The molecule has 106 valence electrons. The van der Waals surface area contributed by atoms with E-state index >= 15 is 0 Å². The minimum atomic E-state index is -3.86. The van der Waals surface area contributed by atoms with E-state index in [4.69, 9.17) is 22.1 Å². The molecule has 0 atom stereocenters. The number of hydrogen-bond acceptors (Lipinski definition) is 4. The number of carbonyl (C=O) groups excluding carboxylic acids is 1. The van der Waals surface area contributed by atoms with Gasteiger partial charge in [0.05, 0.1) is 13.7 Å². The highest BCUT2D eigenvalue weighted by Gasteiger charge is 2.20. The Morgan fingerprint density at radius 1 is 1.47 bits per heavy atom. The van der Waals surface area contributed by atoms with Gasteiger partial charge in [-0.25, -0.2) is 13.1 Å². The van der Waals surface area contributed by atoms with Gasteiger partial charge in [-0.15, -0.1) is 11.6 Å². The van der Waals surface area contributed by atoms with E-state index < -0.39 is 22.5 Å². The molecule has 19 heavy (non-hydrogen) atoms. The fourth-order valence-corrected chi connectivity index (χ4v) is 2.87. The van der Waals surface area contributed by atoms with E-state index in [0.717, 1.165) is 5.56 Å². The molecule has 6 nitrogen and oxygen atoms in total. The maximum atomic E-state index is 12.0. The number of sulfonamides is 1. The molecule has 1 aromatic rings. The first-order valence-electron chi connectivity index (χ1n) is 5.41. The lowest BCUT2D eigenvalue weighted by Gasteiger charge is -2.11. The number of amides is 1. The van der Waals surface area contributed by atoms with Crippen LogP contribution in [0.3, 0.4) is 0 Å². The number of rotatable bonds is 7. The van der Waals surface area contributed by atoms with Crippen LogP contribution in [0.2, 0.25) is 0 Å². The zero-order valence-corrected chi connectivity index (χ0v) is 11.9. The molecule has 0 saturated heterocycles. The molecule has 0 aromatic heterocycles. The normalized spacial score (nSPS) is 11.3. The average molecular weight is 307 g/mol. The highest BCUT2D eigenvalue weighted by Crippen LogP contribution is 2.25. The summed E-state index contributed by atoms with van der Waals surface area (Å²) in [4.78, 5) is 10.6. The summed E-state index contributed by atoms with van der Waals surface area (Å²) in [6.45, 7) is -0.467. The number of primary amides is 1. The Morgan fingerprint density at radius 3 is 2.68 bits per heavy atom. The van der Waals surface area contributed by atoms with Crippen LogP contribution >= 0.6 is 11.6 Å². The zero-order valence-electron chi connectivity index (χ0n) is 10.3. The van der Waals surface area contributed by atoms with Crippen molar-refractivity contribution in [2.45, 2.75) is 11.3 Å². The quantitative estimate of drug-likeness (QED) is 0.705. The van der Waals surface area contributed by atoms with Gasteiger partial charge in [0.1, 0.15) is 10.6 Å². The number of nitrogens with one attached hydrogen (secondary N) is 1. The van der Waals surface area contributed by atoms with Gasteiger partial charge in [0, 0.05) is 5.88 Å². The predicted molar refractivity (Wildman–Crippen MR) is 71.8 cm³/mol. The van der Waals surface area contributed by atoms with Crippen LogP contribution in [0.5, 0.6) is 5.75 Å². The second kappa shape index (κ2) is 6.74. The molecule has 0 heterocycles. The summed E-state index contributed by atoms with van der Waals surface area (Å²) in [5, 5.41) is 0. The van der Waals surface area contributed by atoms with Gasteiger partial charge in [0.15, 0.2) is 0 Å². The number of alkyl halides is 1. The SMILES string of the molecule is COc1ccc(CCCl)cc1S(=O)(=O)NCC(N)=O. The summed E-state index contributed by atoms with van der Waals surface area (Å²) in [5.74, 6) is -0.199. The predicted octanol–water partition coefficient (Wildman–Crippen LogP) is 0.240. The molecule has 0 aliphatic heterocycles. The highest BCUT2D eigenvalue weighted by molar-refractivity contribution is 7.89. The molecule has 1 aromatic carbocycles. The summed E-state index contributed by atoms with van der Waals surface area (Å²) in [7, 11) is -2.49. The van der Waals surface area contributed by atoms with E-state index in [0.29, 0.717) is 12.3 Å². The maximum Gasteiger partial charge on any atom is 0.244 e. The van der Waals surface area contributed by atoms with Crippen molar-refractivity contribution >= 4 is 27.5 Å². The molecular weight excluding hydrogens is 292 g/mol. The molecule has 8 heteroatoms. The van der Waals surface area contributed by atoms with Crippen LogP contribution in [0.25, 0.3) is 0 Å². The lowest BCUT2D eigenvalue weighted by Crippen LogP contribution is -2.33. The average Bonchev–Trinajstić information content (AvgIpc) is 2.37. The Bertz CT molecular complexity index is 560. The van der Waals surface area contributed by atoms with Crippen molar-refractivity contribution in [3.05, 3.63) is 23.8 Å². The third kappa shape index (κ3) is 4.38. The number of nitrogens with two attached hydrogens (primary N) is 1. The molecule has 0 unspecified atom stereocenters. The molecule has 0 fully saturated rings. The van der Waals surface area contributed by atoms with Crippen molar-refractivity contribution in [2.75, 3.05) is 19.5 Å². The molecule has 3 N–H and O–H groups in total. The Balaban J connectivity index is 3.14. The topological polar surface area (TPSA) is 98.5 Å². The fourth-order valence-electron chi connectivity index (χ4n) is 1.44.